The Hall–Kier alpha value is -4.06. The molecule has 4 aromatic rings. The highest BCUT2D eigenvalue weighted by atomic mass is 16.5. The zero-order valence-electron chi connectivity index (χ0n) is 19.1. The molecule has 6 nitrogen and oxygen atoms in total. The number of imide groups is 1. The summed E-state index contributed by atoms with van der Waals surface area (Å²) in [6.45, 7) is 4.52. The van der Waals surface area contributed by atoms with E-state index in [9.17, 15) is 9.59 Å². The first kappa shape index (κ1) is 20.5. The molecule has 1 saturated heterocycles. The van der Waals surface area contributed by atoms with Gasteiger partial charge in [0.25, 0.3) is 5.91 Å². The van der Waals surface area contributed by atoms with E-state index in [4.69, 9.17) is 4.74 Å². The van der Waals surface area contributed by atoms with Gasteiger partial charge in [0.1, 0.15) is 17.8 Å². The first-order valence-corrected chi connectivity index (χ1v) is 11.6. The highest BCUT2D eigenvalue weighted by Crippen LogP contribution is 2.45. The Labute approximate surface area is 197 Å². The SMILES string of the molecule is CCOc1ccc(N2C(=O)[C@@H]3Cc4c([nH]c5ccccc45)[C@H](c4cccc(C)c4)N3C2=O)cc1. The highest BCUT2D eigenvalue weighted by Gasteiger charge is 2.53. The van der Waals surface area contributed by atoms with E-state index in [1.54, 1.807) is 29.2 Å². The monoisotopic (exact) mass is 451 g/mol. The minimum Gasteiger partial charge on any atom is -0.494 e. The fraction of sp³-hybridized carbons (Fsp3) is 0.214. The molecule has 6 rings (SSSR count). The molecule has 0 saturated carbocycles. The summed E-state index contributed by atoms with van der Waals surface area (Å²) >= 11 is 0. The lowest BCUT2D eigenvalue weighted by atomic mass is 9.88. The summed E-state index contributed by atoms with van der Waals surface area (Å²) in [6, 6.07) is 22.2. The molecule has 0 unspecified atom stereocenters. The molecule has 2 aliphatic rings. The van der Waals surface area contributed by atoms with Crippen molar-refractivity contribution in [1.29, 1.82) is 0 Å². The van der Waals surface area contributed by atoms with E-state index >= 15 is 0 Å². The molecule has 1 aromatic heterocycles. The Balaban J connectivity index is 1.49. The number of H-pyrrole nitrogens is 1. The standard InChI is InChI=1S/C28H25N3O3/c1-3-34-20-13-11-19(12-14-20)30-27(32)24-16-22-21-9-4-5-10-23(21)29-25(22)26(31(24)28(30)33)18-8-6-7-17(2)15-18/h4-15,24,26,29H,3,16H2,1-2H3/t24-,26-/m0/s1. The van der Waals surface area contributed by atoms with Gasteiger partial charge in [-0.1, -0.05) is 48.0 Å². The van der Waals surface area contributed by atoms with Crippen molar-refractivity contribution >= 4 is 28.5 Å². The maximum atomic E-state index is 13.8. The molecule has 3 aromatic carbocycles. The number of ether oxygens (including phenoxy) is 1. The third kappa shape index (κ3) is 3.02. The van der Waals surface area contributed by atoms with Gasteiger partial charge >= 0.3 is 6.03 Å². The number of nitrogens with zero attached hydrogens (tertiary/aromatic N) is 2. The molecule has 0 aliphatic carbocycles. The van der Waals surface area contributed by atoms with Crippen molar-refractivity contribution in [3.8, 4) is 5.75 Å². The zero-order valence-corrected chi connectivity index (χ0v) is 19.1. The van der Waals surface area contributed by atoms with Crippen LogP contribution < -0.4 is 9.64 Å². The van der Waals surface area contributed by atoms with Crippen LogP contribution in [0.1, 0.15) is 35.3 Å². The van der Waals surface area contributed by atoms with Gasteiger partial charge in [0.05, 0.1) is 12.3 Å². The van der Waals surface area contributed by atoms with Crippen molar-refractivity contribution in [1.82, 2.24) is 9.88 Å². The molecular formula is C28H25N3O3. The van der Waals surface area contributed by atoms with Gasteiger partial charge in [0, 0.05) is 23.0 Å². The van der Waals surface area contributed by atoms with Crippen LogP contribution in [0.2, 0.25) is 0 Å². The van der Waals surface area contributed by atoms with E-state index in [0.717, 1.165) is 33.3 Å². The van der Waals surface area contributed by atoms with E-state index in [2.05, 4.69) is 17.1 Å². The second-order valence-electron chi connectivity index (χ2n) is 8.89. The quantitative estimate of drug-likeness (QED) is 0.425. The number of aromatic nitrogens is 1. The molecule has 2 aliphatic heterocycles. The number of nitrogens with one attached hydrogen (secondary N) is 1. The molecule has 2 atom stereocenters. The van der Waals surface area contributed by atoms with Crippen molar-refractivity contribution in [2.45, 2.75) is 32.4 Å². The summed E-state index contributed by atoms with van der Waals surface area (Å²) in [6.07, 6.45) is 0.486. The van der Waals surface area contributed by atoms with Crippen LogP contribution in [0.4, 0.5) is 10.5 Å². The summed E-state index contributed by atoms with van der Waals surface area (Å²) in [5.74, 6) is 0.518. The van der Waals surface area contributed by atoms with Crippen LogP contribution in [-0.4, -0.2) is 34.5 Å². The molecule has 34 heavy (non-hydrogen) atoms. The molecule has 1 fully saturated rings. The van der Waals surface area contributed by atoms with Crippen molar-refractivity contribution in [2.24, 2.45) is 0 Å². The maximum Gasteiger partial charge on any atom is 0.332 e. The fourth-order valence-electron chi connectivity index (χ4n) is 5.36. The lowest BCUT2D eigenvalue weighted by Crippen LogP contribution is -2.44. The lowest BCUT2D eigenvalue weighted by Gasteiger charge is -2.36. The number of fused-ring (bicyclic) bond motifs is 4. The van der Waals surface area contributed by atoms with Gasteiger partial charge in [-0.25, -0.2) is 9.69 Å². The minimum atomic E-state index is -0.559. The molecule has 3 heterocycles. The molecule has 3 amide bonds. The number of urea groups is 1. The molecule has 1 N–H and O–H groups in total. The fourth-order valence-corrected chi connectivity index (χ4v) is 5.36. The number of aryl methyl sites for hydroxylation is 1. The average molecular weight is 452 g/mol. The Bertz CT molecular complexity index is 1420. The van der Waals surface area contributed by atoms with Crippen molar-refractivity contribution < 1.29 is 14.3 Å². The summed E-state index contributed by atoms with van der Waals surface area (Å²) < 4.78 is 5.53. The van der Waals surface area contributed by atoms with Gasteiger partial charge in [-0.15, -0.1) is 0 Å². The number of anilines is 1. The van der Waals surface area contributed by atoms with Crippen LogP contribution in [0.25, 0.3) is 10.9 Å². The zero-order chi connectivity index (χ0) is 23.4. The number of benzene rings is 3. The summed E-state index contributed by atoms with van der Waals surface area (Å²) in [7, 11) is 0. The largest absolute Gasteiger partial charge is 0.494 e. The van der Waals surface area contributed by atoms with Crippen LogP contribution in [0, 0.1) is 6.92 Å². The molecular weight excluding hydrogens is 426 g/mol. The molecule has 170 valence electrons. The van der Waals surface area contributed by atoms with Crippen molar-refractivity contribution in [2.75, 3.05) is 11.5 Å². The van der Waals surface area contributed by atoms with Crippen LogP contribution >= 0.6 is 0 Å². The summed E-state index contributed by atoms with van der Waals surface area (Å²) in [4.78, 5) is 34.2. The lowest BCUT2D eigenvalue weighted by molar-refractivity contribution is -0.120. The Morgan fingerprint density at radius 2 is 1.79 bits per heavy atom. The number of amides is 3. The van der Waals surface area contributed by atoms with E-state index in [0.29, 0.717) is 24.5 Å². The smallest absolute Gasteiger partial charge is 0.332 e. The van der Waals surface area contributed by atoms with Crippen molar-refractivity contribution in [3.05, 3.63) is 95.2 Å². The summed E-state index contributed by atoms with van der Waals surface area (Å²) in [5.41, 5.74) is 5.78. The molecule has 0 spiro atoms. The topological polar surface area (TPSA) is 65.6 Å². The van der Waals surface area contributed by atoms with Gasteiger partial charge in [0.2, 0.25) is 0 Å². The number of carbonyl (C=O) groups excluding carboxylic acids is 2. The highest BCUT2D eigenvalue weighted by molar-refractivity contribution is 6.22. The van der Waals surface area contributed by atoms with E-state index in [1.165, 1.54) is 4.90 Å². The predicted octanol–water partition coefficient (Wildman–Crippen LogP) is 5.36. The first-order chi connectivity index (χ1) is 16.6. The first-order valence-electron chi connectivity index (χ1n) is 11.6. The third-order valence-electron chi connectivity index (χ3n) is 6.81. The van der Waals surface area contributed by atoms with Crippen LogP contribution in [0.3, 0.4) is 0 Å². The van der Waals surface area contributed by atoms with Gasteiger partial charge < -0.3 is 9.72 Å². The molecule has 0 bridgehead atoms. The van der Waals surface area contributed by atoms with Gasteiger partial charge in [-0.3, -0.25) is 9.69 Å². The van der Waals surface area contributed by atoms with E-state index < -0.39 is 6.04 Å². The van der Waals surface area contributed by atoms with Crippen LogP contribution in [0.5, 0.6) is 5.75 Å². The van der Waals surface area contributed by atoms with Crippen molar-refractivity contribution in [3.63, 3.8) is 0 Å². The molecule has 0 radical (unpaired) electrons. The number of para-hydroxylation sites is 1. The van der Waals surface area contributed by atoms with Gasteiger partial charge in [-0.2, -0.15) is 0 Å². The minimum absolute atomic E-state index is 0.192. The second-order valence-corrected chi connectivity index (χ2v) is 8.89. The normalized spacial score (nSPS) is 19.5. The van der Waals surface area contributed by atoms with E-state index in [-0.39, 0.29) is 18.0 Å². The Morgan fingerprint density at radius 1 is 1.00 bits per heavy atom. The van der Waals surface area contributed by atoms with Gasteiger partial charge in [0.15, 0.2) is 0 Å². The Morgan fingerprint density at radius 3 is 2.56 bits per heavy atom. The number of rotatable bonds is 4. The van der Waals surface area contributed by atoms with Gasteiger partial charge in [-0.05, 0) is 55.3 Å². The average Bonchev–Trinajstić information content (AvgIpc) is 3.33. The maximum absolute atomic E-state index is 13.8. The number of carbonyl (C=O) groups is 2. The third-order valence-corrected chi connectivity index (χ3v) is 6.81. The number of aromatic amines is 1. The Kier molecular flexibility index (Phi) is 4.69. The summed E-state index contributed by atoms with van der Waals surface area (Å²) in [5, 5.41) is 1.11. The predicted molar refractivity (Wildman–Crippen MR) is 131 cm³/mol. The van der Waals surface area contributed by atoms with Crippen LogP contribution in [-0.2, 0) is 11.2 Å². The van der Waals surface area contributed by atoms with Crippen LogP contribution in [0.15, 0.2) is 72.8 Å². The molecule has 6 heteroatoms. The number of hydrogen-bond acceptors (Lipinski definition) is 3. The number of hydrogen-bond donors (Lipinski definition) is 1. The second kappa shape index (κ2) is 7.76. The van der Waals surface area contributed by atoms with E-state index in [1.807, 2.05) is 50.2 Å².